The molecule has 0 spiro atoms. The summed E-state index contributed by atoms with van der Waals surface area (Å²) in [4.78, 5) is 0. The van der Waals surface area contributed by atoms with E-state index >= 15 is 0 Å². The summed E-state index contributed by atoms with van der Waals surface area (Å²) in [6.07, 6.45) is 1.64. The molecule has 0 aromatic heterocycles. The standard InChI is InChI=1S/C17H20FNO/c1-2-10-19-17(15-8-3-4-9-16(15)18)12-13-6-5-7-14(20)11-13/h3-9,11,17,19-20H,2,10,12H2,1H3. The lowest BCUT2D eigenvalue weighted by Crippen LogP contribution is -2.25. The van der Waals surface area contributed by atoms with Crippen molar-refractivity contribution >= 4 is 0 Å². The number of phenolic OH excluding ortho intramolecular Hbond substituents is 1. The molecule has 2 nitrogen and oxygen atoms in total. The van der Waals surface area contributed by atoms with Crippen LogP contribution in [0, 0.1) is 5.82 Å². The predicted molar refractivity (Wildman–Crippen MR) is 79.2 cm³/mol. The molecule has 0 amide bonds. The lowest BCUT2D eigenvalue weighted by molar-refractivity contribution is 0.471. The monoisotopic (exact) mass is 273 g/mol. The van der Waals surface area contributed by atoms with E-state index in [1.165, 1.54) is 6.07 Å². The Hall–Kier alpha value is -1.87. The Balaban J connectivity index is 2.22. The van der Waals surface area contributed by atoms with Crippen LogP contribution in [-0.4, -0.2) is 11.7 Å². The molecule has 2 aromatic carbocycles. The number of rotatable bonds is 6. The zero-order valence-electron chi connectivity index (χ0n) is 11.6. The molecule has 2 N–H and O–H groups in total. The van der Waals surface area contributed by atoms with Crippen molar-refractivity contribution in [2.75, 3.05) is 6.54 Å². The zero-order chi connectivity index (χ0) is 14.4. The van der Waals surface area contributed by atoms with Gasteiger partial charge in [0, 0.05) is 11.6 Å². The van der Waals surface area contributed by atoms with Gasteiger partial charge in [-0.05, 0) is 43.1 Å². The average Bonchev–Trinajstić information content (AvgIpc) is 2.44. The van der Waals surface area contributed by atoms with Gasteiger partial charge in [0.05, 0.1) is 0 Å². The second kappa shape index (κ2) is 7.06. The highest BCUT2D eigenvalue weighted by molar-refractivity contribution is 5.30. The Labute approximate surface area is 119 Å². The van der Waals surface area contributed by atoms with Crippen LogP contribution in [0.15, 0.2) is 48.5 Å². The van der Waals surface area contributed by atoms with Crippen molar-refractivity contribution in [3.63, 3.8) is 0 Å². The second-order valence-corrected chi connectivity index (χ2v) is 4.90. The van der Waals surface area contributed by atoms with Gasteiger partial charge >= 0.3 is 0 Å². The van der Waals surface area contributed by atoms with E-state index in [4.69, 9.17) is 0 Å². The van der Waals surface area contributed by atoms with Gasteiger partial charge in [-0.1, -0.05) is 37.3 Å². The van der Waals surface area contributed by atoms with E-state index in [1.54, 1.807) is 18.2 Å². The highest BCUT2D eigenvalue weighted by Gasteiger charge is 2.15. The number of hydrogen-bond donors (Lipinski definition) is 2. The number of nitrogens with one attached hydrogen (secondary N) is 1. The molecule has 0 bridgehead atoms. The molecule has 2 aromatic rings. The molecule has 0 aliphatic rings. The quantitative estimate of drug-likeness (QED) is 0.838. The summed E-state index contributed by atoms with van der Waals surface area (Å²) >= 11 is 0. The highest BCUT2D eigenvalue weighted by Crippen LogP contribution is 2.23. The minimum absolute atomic E-state index is 0.0852. The van der Waals surface area contributed by atoms with Crippen LogP contribution in [0.5, 0.6) is 5.75 Å². The minimum Gasteiger partial charge on any atom is -0.508 e. The summed E-state index contributed by atoms with van der Waals surface area (Å²) in [5.41, 5.74) is 1.66. The van der Waals surface area contributed by atoms with Gasteiger partial charge in [-0.15, -0.1) is 0 Å². The fourth-order valence-corrected chi connectivity index (χ4v) is 2.29. The van der Waals surface area contributed by atoms with E-state index in [-0.39, 0.29) is 17.6 Å². The molecule has 1 atom stereocenters. The first kappa shape index (κ1) is 14.5. The molecule has 106 valence electrons. The molecule has 0 saturated carbocycles. The molecule has 0 aliphatic heterocycles. The summed E-state index contributed by atoms with van der Waals surface area (Å²) in [6, 6.07) is 13.9. The van der Waals surface area contributed by atoms with Gasteiger partial charge in [0.1, 0.15) is 11.6 Å². The maximum Gasteiger partial charge on any atom is 0.127 e. The van der Waals surface area contributed by atoms with Crippen molar-refractivity contribution in [3.8, 4) is 5.75 Å². The van der Waals surface area contributed by atoms with E-state index in [0.717, 1.165) is 18.5 Å². The van der Waals surface area contributed by atoms with Crippen LogP contribution in [0.2, 0.25) is 0 Å². The van der Waals surface area contributed by atoms with Crippen molar-refractivity contribution in [2.45, 2.75) is 25.8 Å². The Bertz CT molecular complexity index is 556. The van der Waals surface area contributed by atoms with E-state index < -0.39 is 0 Å². The van der Waals surface area contributed by atoms with E-state index in [0.29, 0.717) is 12.0 Å². The third kappa shape index (κ3) is 3.81. The van der Waals surface area contributed by atoms with E-state index in [9.17, 15) is 9.50 Å². The van der Waals surface area contributed by atoms with Gasteiger partial charge in [0.25, 0.3) is 0 Å². The molecule has 1 unspecified atom stereocenters. The molecule has 0 fully saturated rings. The van der Waals surface area contributed by atoms with Crippen molar-refractivity contribution < 1.29 is 9.50 Å². The van der Waals surface area contributed by atoms with Gasteiger partial charge in [-0.25, -0.2) is 4.39 Å². The maximum atomic E-state index is 14.0. The van der Waals surface area contributed by atoms with Crippen LogP contribution in [0.3, 0.4) is 0 Å². The van der Waals surface area contributed by atoms with Gasteiger partial charge in [-0.3, -0.25) is 0 Å². The van der Waals surface area contributed by atoms with Crippen molar-refractivity contribution in [3.05, 3.63) is 65.5 Å². The number of hydrogen-bond acceptors (Lipinski definition) is 2. The van der Waals surface area contributed by atoms with Crippen LogP contribution in [0.25, 0.3) is 0 Å². The van der Waals surface area contributed by atoms with E-state index in [1.807, 2.05) is 24.3 Å². The van der Waals surface area contributed by atoms with Gasteiger partial charge in [0.15, 0.2) is 0 Å². The number of phenols is 1. The number of benzene rings is 2. The molecular weight excluding hydrogens is 253 g/mol. The molecule has 2 rings (SSSR count). The van der Waals surface area contributed by atoms with Gasteiger partial charge in [0.2, 0.25) is 0 Å². The molecule has 0 radical (unpaired) electrons. The third-order valence-corrected chi connectivity index (χ3v) is 3.27. The smallest absolute Gasteiger partial charge is 0.127 e. The van der Waals surface area contributed by atoms with Crippen molar-refractivity contribution in [1.82, 2.24) is 5.32 Å². The number of aromatic hydroxyl groups is 1. The van der Waals surface area contributed by atoms with Crippen LogP contribution in [-0.2, 0) is 6.42 Å². The average molecular weight is 273 g/mol. The third-order valence-electron chi connectivity index (χ3n) is 3.27. The Morgan fingerprint density at radius 2 is 1.95 bits per heavy atom. The lowest BCUT2D eigenvalue weighted by atomic mass is 9.98. The fourth-order valence-electron chi connectivity index (χ4n) is 2.29. The van der Waals surface area contributed by atoms with Gasteiger partial charge in [-0.2, -0.15) is 0 Å². The molecule has 0 heterocycles. The van der Waals surface area contributed by atoms with Gasteiger partial charge < -0.3 is 10.4 Å². The molecule has 3 heteroatoms. The van der Waals surface area contributed by atoms with Crippen LogP contribution in [0.1, 0.15) is 30.5 Å². The fraction of sp³-hybridized carbons (Fsp3) is 0.294. The first-order valence-corrected chi connectivity index (χ1v) is 6.96. The van der Waals surface area contributed by atoms with Crippen LogP contribution >= 0.6 is 0 Å². The topological polar surface area (TPSA) is 32.3 Å². The lowest BCUT2D eigenvalue weighted by Gasteiger charge is -2.20. The summed E-state index contributed by atoms with van der Waals surface area (Å²) in [5, 5.41) is 12.9. The summed E-state index contributed by atoms with van der Waals surface area (Å²) in [5.74, 6) is 0.0477. The van der Waals surface area contributed by atoms with Crippen molar-refractivity contribution in [1.29, 1.82) is 0 Å². The number of halogens is 1. The maximum absolute atomic E-state index is 14.0. The first-order chi connectivity index (χ1) is 9.70. The van der Waals surface area contributed by atoms with Crippen LogP contribution in [0.4, 0.5) is 4.39 Å². The highest BCUT2D eigenvalue weighted by atomic mass is 19.1. The summed E-state index contributed by atoms with van der Waals surface area (Å²) in [6.45, 7) is 2.91. The van der Waals surface area contributed by atoms with Crippen molar-refractivity contribution in [2.24, 2.45) is 0 Å². The SMILES string of the molecule is CCCNC(Cc1cccc(O)c1)c1ccccc1F. The summed E-state index contributed by atoms with van der Waals surface area (Å²) < 4.78 is 14.0. The molecule has 0 saturated heterocycles. The largest absolute Gasteiger partial charge is 0.508 e. The molecule has 0 aliphatic carbocycles. The Morgan fingerprint density at radius 3 is 2.65 bits per heavy atom. The molecular formula is C17H20FNO. The van der Waals surface area contributed by atoms with Crippen LogP contribution < -0.4 is 5.32 Å². The zero-order valence-corrected chi connectivity index (χ0v) is 11.6. The normalized spacial score (nSPS) is 12.3. The Kier molecular flexibility index (Phi) is 5.13. The molecule has 20 heavy (non-hydrogen) atoms. The predicted octanol–water partition coefficient (Wildman–Crippen LogP) is 3.81. The summed E-state index contributed by atoms with van der Waals surface area (Å²) in [7, 11) is 0. The first-order valence-electron chi connectivity index (χ1n) is 6.96. The minimum atomic E-state index is -0.193. The van der Waals surface area contributed by atoms with E-state index in [2.05, 4.69) is 12.2 Å². The second-order valence-electron chi connectivity index (χ2n) is 4.90. The Morgan fingerprint density at radius 1 is 1.15 bits per heavy atom.